The Hall–Kier alpha value is -3.52. The molecule has 4 rings (SSSR count). The Bertz CT molecular complexity index is 1290. The molecule has 1 amide bonds. The molecule has 0 fully saturated rings. The Morgan fingerprint density at radius 2 is 1.79 bits per heavy atom. The fraction of sp³-hybridized carbons (Fsp3) is 0.320. The molecular weight excluding hydrogens is 423 g/mol. The van der Waals surface area contributed by atoms with Gasteiger partial charge in [-0.1, -0.05) is 17.3 Å². The average Bonchev–Trinajstić information content (AvgIpc) is 3.32. The Morgan fingerprint density at radius 3 is 2.42 bits per heavy atom. The van der Waals surface area contributed by atoms with E-state index in [2.05, 4.69) is 10.1 Å². The number of carbonyl (C=O) groups is 1. The van der Waals surface area contributed by atoms with Crippen molar-refractivity contribution in [2.75, 3.05) is 27.2 Å². The van der Waals surface area contributed by atoms with Gasteiger partial charge in [0.15, 0.2) is 0 Å². The predicted molar refractivity (Wildman–Crippen MR) is 123 cm³/mol. The molecule has 3 aromatic heterocycles. The number of benzene rings is 1. The maximum Gasteiger partial charge on any atom is 0.259 e. The third-order valence-electron chi connectivity index (χ3n) is 5.56. The van der Waals surface area contributed by atoms with Crippen LogP contribution in [0.3, 0.4) is 0 Å². The molecule has 0 atom stereocenters. The van der Waals surface area contributed by atoms with Crippen molar-refractivity contribution in [3.05, 3.63) is 70.6 Å². The van der Waals surface area contributed by atoms with Crippen molar-refractivity contribution in [3.8, 4) is 11.3 Å². The summed E-state index contributed by atoms with van der Waals surface area (Å²) < 4.78 is 24.5. The molecule has 172 valence electrons. The lowest BCUT2D eigenvalue weighted by Gasteiger charge is -2.25. The molecule has 0 aliphatic rings. The summed E-state index contributed by atoms with van der Waals surface area (Å²) in [7, 11) is 3.91. The fourth-order valence-corrected chi connectivity index (χ4v) is 3.84. The number of pyridine rings is 1. The largest absolute Gasteiger partial charge is 0.466 e. The highest BCUT2D eigenvalue weighted by Gasteiger charge is 2.25. The van der Waals surface area contributed by atoms with Crippen molar-refractivity contribution in [2.24, 2.45) is 0 Å². The van der Waals surface area contributed by atoms with Gasteiger partial charge in [0.05, 0.1) is 22.3 Å². The number of furan rings is 1. The molecule has 7 nitrogen and oxygen atoms in total. The van der Waals surface area contributed by atoms with Gasteiger partial charge in [-0.05, 0) is 64.7 Å². The third kappa shape index (κ3) is 4.80. The van der Waals surface area contributed by atoms with E-state index in [0.717, 1.165) is 16.9 Å². The van der Waals surface area contributed by atoms with Gasteiger partial charge in [0.1, 0.15) is 17.3 Å². The fourth-order valence-electron chi connectivity index (χ4n) is 3.84. The Labute approximate surface area is 191 Å². The zero-order valence-electron chi connectivity index (χ0n) is 19.5. The average molecular weight is 451 g/mol. The molecule has 8 heteroatoms. The molecule has 0 saturated carbocycles. The van der Waals surface area contributed by atoms with Crippen LogP contribution in [-0.4, -0.2) is 53.0 Å². The maximum atomic E-state index is 13.9. The van der Waals surface area contributed by atoms with Gasteiger partial charge in [0, 0.05) is 25.2 Å². The molecule has 1 aromatic carbocycles. The summed E-state index contributed by atoms with van der Waals surface area (Å²) >= 11 is 0. The standard InChI is InChI=1S/C25H27FN4O3/c1-15-12-20(17(3)32-15)22-13-21(23-16(2)28-33-24(23)27-22)25(31)30(11-10-29(4)5)14-18-6-8-19(26)9-7-18/h6-9,12-13H,10-11,14H2,1-5H3. The van der Waals surface area contributed by atoms with Crippen molar-refractivity contribution < 1.29 is 18.1 Å². The molecule has 0 spiro atoms. The molecule has 0 N–H and O–H groups in total. The van der Waals surface area contributed by atoms with Crippen molar-refractivity contribution in [1.82, 2.24) is 19.9 Å². The van der Waals surface area contributed by atoms with E-state index in [0.29, 0.717) is 53.4 Å². The van der Waals surface area contributed by atoms with Crippen LogP contribution in [-0.2, 0) is 6.54 Å². The first-order valence-electron chi connectivity index (χ1n) is 10.8. The van der Waals surface area contributed by atoms with Gasteiger partial charge in [0.2, 0.25) is 0 Å². The topological polar surface area (TPSA) is 75.6 Å². The number of rotatable bonds is 7. The van der Waals surface area contributed by atoms with Gasteiger partial charge in [-0.2, -0.15) is 0 Å². The van der Waals surface area contributed by atoms with Gasteiger partial charge >= 0.3 is 0 Å². The number of carbonyl (C=O) groups excluding carboxylic acids is 1. The van der Waals surface area contributed by atoms with Crippen LogP contribution in [0.5, 0.6) is 0 Å². The molecule has 0 radical (unpaired) electrons. The minimum atomic E-state index is -0.309. The number of hydrogen-bond acceptors (Lipinski definition) is 6. The highest BCUT2D eigenvalue weighted by Crippen LogP contribution is 2.31. The highest BCUT2D eigenvalue weighted by molar-refractivity contribution is 6.07. The molecular formula is C25H27FN4O3. The second-order valence-electron chi connectivity index (χ2n) is 8.49. The molecule has 0 saturated heterocycles. The van der Waals surface area contributed by atoms with Crippen LogP contribution in [0.4, 0.5) is 4.39 Å². The summed E-state index contributed by atoms with van der Waals surface area (Å²) in [5, 5.41) is 4.64. The highest BCUT2D eigenvalue weighted by atomic mass is 19.1. The van der Waals surface area contributed by atoms with Gasteiger partial charge in [-0.3, -0.25) is 4.79 Å². The first kappa shape index (κ1) is 22.7. The number of aromatic nitrogens is 2. The first-order chi connectivity index (χ1) is 15.7. The second-order valence-corrected chi connectivity index (χ2v) is 8.49. The molecule has 0 aliphatic heterocycles. The van der Waals surface area contributed by atoms with Crippen LogP contribution >= 0.6 is 0 Å². The molecule has 3 heterocycles. The number of likely N-dealkylation sites (N-methyl/N-ethyl adjacent to an activating group) is 1. The first-order valence-corrected chi connectivity index (χ1v) is 10.8. The lowest BCUT2D eigenvalue weighted by atomic mass is 10.0. The van der Waals surface area contributed by atoms with E-state index in [1.165, 1.54) is 12.1 Å². The SMILES string of the molecule is Cc1cc(-c2cc(C(=O)N(CCN(C)C)Cc3ccc(F)cc3)c3c(C)noc3n2)c(C)o1. The van der Waals surface area contributed by atoms with E-state index in [1.54, 1.807) is 30.0 Å². The van der Waals surface area contributed by atoms with E-state index < -0.39 is 0 Å². The zero-order valence-corrected chi connectivity index (χ0v) is 19.5. The molecule has 4 aromatic rings. The van der Waals surface area contributed by atoms with E-state index >= 15 is 0 Å². The zero-order chi connectivity index (χ0) is 23.7. The van der Waals surface area contributed by atoms with Crippen LogP contribution in [0.15, 0.2) is 45.3 Å². The Morgan fingerprint density at radius 1 is 1.06 bits per heavy atom. The lowest BCUT2D eigenvalue weighted by Crippen LogP contribution is -2.36. The summed E-state index contributed by atoms with van der Waals surface area (Å²) in [6.45, 7) is 7.04. The van der Waals surface area contributed by atoms with Crippen molar-refractivity contribution in [3.63, 3.8) is 0 Å². The number of hydrogen-bond donors (Lipinski definition) is 0. The summed E-state index contributed by atoms with van der Waals surface area (Å²) in [5.74, 6) is 0.995. The van der Waals surface area contributed by atoms with Crippen LogP contribution in [0.1, 0.15) is 33.1 Å². The van der Waals surface area contributed by atoms with Gasteiger partial charge in [0.25, 0.3) is 11.6 Å². The van der Waals surface area contributed by atoms with E-state index in [-0.39, 0.29) is 11.7 Å². The second kappa shape index (κ2) is 9.15. The minimum Gasteiger partial charge on any atom is -0.466 e. The maximum absolute atomic E-state index is 13.9. The minimum absolute atomic E-state index is 0.168. The van der Waals surface area contributed by atoms with Gasteiger partial charge < -0.3 is 18.7 Å². The van der Waals surface area contributed by atoms with Crippen LogP contribution < -0.4 is 0 Å². The number of halogens is 1. The summed E-state index contributed by atoms with van der Waals surface area (Å²) in [4.78, 5) is 22.3. The number of aryl methyl sites for hydroxylation is 3. The normalized spacial score (nSPS) is 11.5. The lowest BCUT2D eigenvalue weighted by molar-refractivity contribution is 0.0734. The van der Waals surface area contributed by atoms with Crippen LogP contribution in [0.2, 0.25) is 0 Å². The third-order valence-corrected chi connectivity index (χ3v) is 5.56. The molecule has 33 heavy (non-hydrogen) atoms. The summed E-state index contributed by atoms with van der Waals surface area (Å²) in [6.07, 6.45) is 0. The van der Waals surface area contributed by atoms with Crippen molar-refractivity contribution in [2.45, 2.75) is 27.3 Å². The molecule has 0 unspecified atom stereocenters. The smallest absolute Gasteiger partial charge is 0.259 e. The van der Waals surface area contributed by atoms with Gasteiger partial charge in [-0.15, -0.1) is 0 Å². The Balaban J connectivity index is 1.79. The Kier molecular flexibility index (Phi) is 6.29. The van der Waals surface area contributed by atoms with E-state index in [4.69, 9.17) is 8.94 Å². The van der Waals surface area contributed by atoms with Crippen LogP contribution in [0.25, 0.3) is 22.4 Å². The summed E-state index contributed by atoms with van der Waals surface area (Å²) in [5.41, 5.74) is 3.61. The van der Waals surface area contributed by atoms with E-state index in [9.17, 15) is 9.18 Å². The monoisotopic (exact) mass is 450 g/mol. The van der Waals surface area contributed by atoms with Crippen molar-refractivity contribution >= 4 is 17.0 Å². The van der Waals surface area contributed by atoms with Gasteiger partial charge in [-0.25, -0.2) is 9.37 Å². The summed E-state index contributed by atoms with van der Waals surface area (Å²) in [6, 6.07) is 9.87. The van der Waals surface area contributed by atoms with Crippen LogP contribution in [0, 0.1) is 26.6 Å². The van der Waals surface area contributed by atoms with E-state index in [1.807, 2.05) is 38.9 Å². The quantitative estimate of drug-likeness (QED) is 0.404. The number of nitrogens with zero attached hydrogens (tertiary/aromatic N) is 4. The number of fused-ring (bicyclic) bond motifs is 1. The number of amides is 1. The van der Waals surface area contributed by atoms with Crippen molar-refractivity contribution in [1.29, 1.82) is 0 Å². The predicted octanol–water partition coefficient (Wildman–Crippen LogP) is 4.75. The molecule has 0 aliphatic carbocycles. The molecule has 0 bridgehead atoms.